The molecular formula is C13H12ClNOS. The van der Waals surface area contributed by atoms with E-state index in [9.17, 15) is 5.11 Å². The zero-order chi connectivity index (χ0) is 12.3. The number of aliphatic hydroxyl groups excluding tert-OH is 1. The first-order valence-corrected chi connectivity index (χ1v) is 6.42. The van der Waals surface area contributed by atoms with E-state index in [-0.39, 0.29) is 0 Å². The summed E-state index contributed by atoms with van der Waals surface area (Å²) < 4.78 is 0. The average molecular weight is 266 g/mol. The molecule has 0 spiro atoms. The van der Waals surface area contributed by atoms with Crippen LogP contribution >= 0.6 is 23.4 Å². The van der Waals surface area contributed by atoms with Crippen molar-refractivity contribution in [1.82, 2.24) is 4.98 Å². The smallest absolute Gasteiger partial charge is 0.101 e. The van der Waals surface area contributed by atoms with Crippen molar-refractivity contribution in [2.45, 2.75) is 22.9 Å². The van der Waals surface area contributed by atoms with E-state index in [4.69, 9.17) is 11.6 Å². The molecule has 1 heterocycles. The molecule has 2 aromatic rings. The molecule has 4 heteroatoms. The Balaban J connectivity index is 2.17. The lowest BCUT2D eigenvalue weighted by Gasteiger charge is -2.06. The van der Waals surface area contributed by atoms with E-state index >= 15 is 0 Å². The highest BCUT2D eigenvalue weighted by molar-refractivity contribution is 7.99. The molecule has 1 N–H and O–H groups in total. The predicted molar refractivity (Wildman–Crippen MR) is 70.4 cm³/mol. The van der Waals surface area contributed by atoms with E-state index in [1.807, 2.05) is 36.4 Å². The van der Waals surface area contributed by atoms with Gasteiger partial charge in [-0.05, 0) is 30.7 Å². The lowest BCUT2D eigenvalue weighted by atomic mass is 10.2. The van der Waals surface area contributed by atoms with Crippen molar-refractivity contribution in [2.75, 3.05) is 0 Å². The van der Waals surface area contributed by atoms with Gasteiger partial charge in [0.2, 0.25) is 0 Å². The maximum atomic E-state index is 9.38. The van der Waals surface area contributed by atoms with Crippen molar-refractivity contribution in [3.63, 3.8) is 0 Å². The van der Waals surface area contributed by atoms with E-state index in [1.54, 1.807) is 13.1 Å². The molecule has 88 valence electrons. The van der Waals surface area contributed by atoms with Crippen LogP contribution in [0.15, 0.2) is 52.5 Å². The molecule has 17 heavy (non-hydrogen) atoms. The van der Waals surface area contributed by atoms with Crippen LogP contribution in [0.3, 0.4) is 0 Å². The third-order valence-corrected chi connectivity index (χ3v) is 3.76. The standard InChI is InChI=1S/C13H12ClNOS/c1-9(16)10-6-7-13(15-8-10)17-12-5-3-2-4-11(12)14/h2-9,16H,1H3/t9-/m1/s1. The summed E-state index contributed by atoms with van der Waals surface area (Å²) in [6, 6.07) is 11.4. The normalized spacial score (nSPS) is 12.4. The SMILES string of the molecule is C[C@@H](O)c1ccc(Sc2ccccc2Cl)nc1. The van der Waals surface area contributed by atoms with Crippen LogP contribution in [0.25, 0.3) is 0 Å². The van der Waals surface area contributed by atoms with E-state index in [2.05, 4.69) is 4.98 Å². The van der Waals surface area contributed by atoms with Gasteiger partial charge in [0.25, 0.3) is 0 Å². The second kappa shape index (κ2) is 5.54. The molecule has 0 aliphatic carbocycles. The van der Waals surface area contributed by atoms with Gasteiger partial charge in [0.1, 0.15) is 5.03 Å². The van der Waals surface area contributed by atoms with Crippen molar-refractivity contribution in [3.8, 4) is 0 Å². The first-order valence-electron chi connectivity index (χ1n) is 5.23. The third-order valence-electron chi connectivity index (χ3n) is 2.29. The lowest BCUT2D eigenvalue weighted by molar-refractivity contribution is 0.198. The van der Waals surface area contributed by atoms with Crippen molar-refractivity contribution in [3.05, 3.63) is 53.2 Å². The zero-order valence-electron chi connectivity index (χ0n) is 9.30. The Labute approximate surface area is 110 Å². The van der Waals surface area contributed by atoms with Gasteiger partial charge in [-0.15, -0.1) is 0 Å². The van der Waals surface area contributed by atoms with Gasteiger partial charge in [0.15, 0.2) is 0 Å². The summed E-state index contributed by atoms with van der Waals surface area (Å²) in [4.78, 5) is 5.26. The molecule has 1 aromatic carbocycles. The highest BCUT2D eigenvalue weighted by atomic mass is 35.5. The van der Waals surface area contributed by atoms with Gasteiger partial charge in [0, 0.05) is 11.1 Å². The fourth-order valence-corrected chi connectivity index (χ4v) is 2.37. The highest BCUT2D eigenvalue weighted by Gasteiger charge is 2.04. The number of nitrogens with zero attached hydrogens (tertiary/aromatic N) is 1. The number of benzene rings is 1. The second-order valence-electron chi connectivity index (χ2n) is 3.64. The van der Waals surface area contributed by atoms with Gasteiger partial charge >= 0.3 is 0 Å². The second-order valence-corrected chi connectivity index (χ2v) is 5.11. The third kappa shape index (κ3) is 3.22. The number of rotatable bonds is 3. The van der Waals surface area contributed by atoms with Gasteiger partial charge in [0.05, 0.1) is 11.1 Å². The van der Waals surface area contributed by atoms with Crippen molar-refractivity contribution in [1.29, 1.82) is 0 Å². The fourth-order valence-electron chi connectivity index (χ4n) is 1.34. The molecule has 0 saturated heterocycles. The molecular weight excluding hydrogens is 254 g/mol. The van der Waals surface area contributed by atoms with Gasteiger partial charge in [-0.2, -0.15) is 0 Å². The van der Waals surface area contributed by atoms with Crippen LogP contribution in [-0.2, 0) is 0 Å². The number of hydrogen-bond donors (Lipinski definition) is 1. The van der Waals surface area contributed by atoms with Crippen LogP contribution in [0.4, 0.5) is 0 Å². The monoisotopic (exact) mass is 265 g/mol. The Morgan fingerprint density at radius 1 is 1.24 bits per heavy atom. The molecule has 1 atom stereocenters. The zero-order valence-corrected chi connectivity index (χ0v) is 10.9. The molecule has 0 amide bonds. The minimum atomic E-state index is -0.484. The minimum Gasteiger partial charge on any atom is -0.389 e. The Kier molecular flexibility index (Phi) is 4.05. The topological polar surface area (TPSA) is 33.1 Å². The Morgan fingerprint density at radius 2 is 2.00 bits per heavy atom. The maximum absolute atomic E-state index is 9.38. The molecule has 2 nitrogen and oxygen atoms in total. The first kappa shape index (κ1) is 12.4. The molecule has 0 unspecified atom stereocenters. The molecule has 2 rings (SSSR count). The van der Waals surface area contributed by atoms with Crippen molar-refractivity contribution >= 4 is 23.4 Å². The minimum absolute atomic E-state index is 0.484. The van der Waals surface area contributed by atoms with Gasteiger partial charge in [-0.25, -0.2) is 4.98 Å². The molecule has 0 saturated carbocycles. The molecule has 0 fully saturated rings. The number of aromatic nitrogens is 1. The van der Waals surface area contributed by atoms with E-state index in [1.165, 1.54) is 11.8 Å². The van der Waals surface area contributed by atoms with Crippen LogP contribution in [0.2, 0.25) is 5.02 Å². The van der Waals surface area contributed by atoms with Crippen molar-refractivity contribution < 1.29 is 5.11 Å². The first-order chi connectivity index (χ1) is 8.16. The van der Waals surface area contributed by atoms with Gasteiger partial charge in [-0.3, -0.25) is 0 Å². The number of pyridine rings is 1. The number of hydrogen-bond acceptors (Lipinski definition) is 3. The molecule has 0 bridgehead atoms. The number of aliphatic hydroxyl groups is 1. The summed E-state index contributed by atoms with van der Waals surface area (Å²) in [7, 11) is 0. The molecule has 0 aliphatic heterocycles. The predicted octanol–water partition coefficient (Wildman–Crippen LogP) is 3.94. The summed E-state index contributed by atoms with van der Waals surface area (Å²) in [5.74, 6) is 0. The van der Waals surface area contributed by atoms with E-state index in [0.717, 1.165) is 20.5 Å². The van der Waals surface area contributed by atoms with E-state index < -0.39 is 6.10 Å². The lowest BCUT2D eigenvalue weighted by Crippen LogP contribution is -1.92. The highest BCUT2D eigenvalue weighted by Crippen LogP contribution is 2.31. The van der Waals surface area contributed by atoms with Crippen LogP contribution in [0.5, 0.6) is 0 Å². The maximum Gasteiger partial charge on any atom is 0.101 e. The Morgan fingerprint density at radius 3 is 2.59 bits per heavy atom. The summed E-state index contributed by atoms with van der Waals surface area (Å²) in [6.07, 6.45) is 1.20. The Bertz CT molecular complexity index is 499. The Hall–Kier alpha value is -1.03. The summed E-state index contributed by atoms with van der Waals surface area (Å²) >= 11 is 7.58. The fraction of sp³-hybridized carbons (Fsp3) is 0.154. The van der Waals surface area contributed by atoms with Crippen LogP contribution in [0, 0.1) is 0 Å². The summed E-state index contributed by atoms with van der Waals surface area (Å²) in [5.41, 5.74) is 0.813. The van der Waals surface area contributed by atoms with Crippen LogP contribution < -0.4 is 0 Å². The van der Waals surface area contributed by atoms with Crippen molar-refractivity contribution in [2.24, 2.45) is 0 Å². The molecule has 0 aliphatic rings. The molecule has 1 aromatic heterocycles. The van der Waals surface area contributed by atoms with Crippen LogP contribution in [0.1, 0.15) is 18.6 Å². The average Bonchev–Trinajstić information content (AvgIpc) is 2.33. The summed E-state index contributed by atoms with van der Waals surface area (Å²) in [6.45, 7) is 1.72. The number of halogens is 1. The van der Waals surface area contributed by atoms with E-state index in [0.29, 0.717) is 0 Å². The summed E-state index contributed by atoms with van der Waals surface area (Å²) in [5, 5.41) is 11.0. The molecule has 0 radical (unpaired) electrons. The van der Waals surface area contributed by atoms with Crippen LogP contribution in [-0.4, -0.2) is 10.1 Å². The van der Waals surface area contributed by atoms with Gasteiger partial charge in [-0.1, -0.05) is 41.6 Å². The largest absolute Gasteiger partial charge is 0.389 e. The van der Waals surface area contributed by atoms with Gasteiger partial charge < -0.3 is 5.11 Å². The quantitative estimate of drug-likeness (QED) is 0.913.